The Balaban J connectivity index is 1.82. The van der Waals surface area contributed by atoms with Crippen LogP contribution in [0.15, 0.2) is 54.6 Å². The molecule has 3 rings (SSSR count). The number of carbonyl (C=O) groups is 1. The van der Waals surface area contributed by atoms with Gasteiger partial charge in [0.2, 0.25) is 0 Å². The Morgan fingerprint density at radius 1 is 1.07 bits per heavy atom. The average Bonchev–Trinajstić information content (AvgIpc) is 3.16. The normalized spacial score (nSPS) is 11.6. The summed E-state index contributed by atoms with van der Waals surface area (Å²) < 4.78 is 44.4. The summed E-state index contributed by atoms with van der Waals surface area (Å²) in [5.41, 5.74) is 0.605. The molecule has 0 N–H and O–H groups in total. The van der Waals surface area contributed by atoms with E-state index in [1.165, 1.54) is 23.9 Å². The van der Waals surface area contributed by atoms with Gasteiger partial charge in [0.1, 0.15) is 0 Å². The molecule has 0 unspecified atom stereocenters. The zero-order chi connectivity index (χ0) is 20.9. The fourth-order valence-corrected chi connectivity index (χ4v) is 2.75. The first kappa shape index (κ1) is 20.5. The highest BCUT2D eigenvalue weighted by Crippen LogP contribution is 2.29. The molecule has 29 heavy (non-hydrogen) atoms. The molecule has 0 radical (unpaired) electrons. The monoisotopic (exact) mass is 405 g/mol. The van der Waals surface area contributed by atoms with E-state index < -0.39 is 17.7 Å². The van der Waals surface area contributed by atoms with Crippen molar-refractivity contribution >= 4 is 5.97 Å². The second-order valence-electron chi connectivity index (χ2n) is 6.26. The molecule has 0 bridgehead atoms. The summed E-state index contributed by atoms with van der Waals surface area (Å²) in [5, 5.41) is 11.5. The van der Waals surface area contributed by atoms with Gasteiger partial charge in [-0.2, -0.15) is 17.9 Å². The molecule has 1 heterocycles. The lowest BCUT2D eigenvalue weighted by molar-refractivity contribution is -0.142. The van der Waals surface area contributed by atoms with Gasteiger partial charge in [-0.1, -0.05) is 30.3 Å². The number of benzene rings is 2. The van der Waals surface area contributed by atoms with Gasteiger partial charge in [0.25, 0.3) is 0 Å². The highest BCUT2D eigenvalue weighted by Gasteiger charge is 2.30. The van der Waals surface area contributed by atoms with Crippen molar-refractivity contribution in [3.8, 4) is 5.69 Å². The van der Waals surface area contributed by atoms with Crippen molar-refractivity contribution in [2.45, 2.75) is 19.3 Å². The number of tetrazole rings is 1. The standard InChI is InChI=1S/C19H18F3N5O2/c1-29-18(28)13-26(11-14-5-3-2-4-6-14)12-17-23-24-25-27(17)16-9-7-15(8-10-16)19(20,21)22/h2-10H,11-13H2,1H3. The molecule has 0 atom stereocenters. The highest BCUT2D eigenvalue weighted by molar-refractivity contribution is 5.71. The molecule has 3 aromatic rings. The fourth-order valence-electron chi connectivity index (χ4n) is 2.75. The maximum absolute atomic E-state index is 12.8. The minimum absolute atomic E-state index is 0.00522. The molecule has 10 heteroatoms. The van der Waals surface area contributed by atoms with E-state index in [4.69, 9.17) is 4.74 Å². The summed E-state index contributed by atoms with van der Waals surface area (Å²) >= 11 is 0. The fraction of sp³-hybridized carbons (Fsp3) is 0.263. The molecule has 0 fully saturated rings. The van der Waals surface area contributed by atoms with Crippen molar-refractivity contribution in [3.05, 3.63) is 71.5 Å². The SMILES string of the molecule is COC(=O)CN(Cc1ccccc1)Cc1nnnn1-c1ccc(C(F)(F)F)cc1. The maximum atomic E-state index is 12.8. The zero-order valence-corrected chi connectivity index (χ0v) is 15.5. The second kappa shape index (κ2) is 8.82. The van der Waals surface area contributed by atoms with Gasteiger partial charge in [-0.3, -0.25) is 9.69 Å². The molecule has 0 spiro atoms. The summed E-state index contributed by atoms with van der Waals surface area (Å²) in [5.74, 6) is -0.0425. The molecule has 0 amide bonds. The largest absolute Gasteiger partial charge is 0.468 e. The van der Waals surface area contributed by atoms with Gasteiger partial charge in [0.15, 0.2) is 5.82 Å². The minimum Gasteiger partial charge on any atom is -0.468 e. The first-order valence-corrected chi connectivity index (χ1v) is 8.65. The van der Waals surface area contributed by atoms with Crippen LogP contribution in [-0.2, 0) is 28.8 Å². The Labute approximate surface area is 164 Å². The van der Waals surface area contributed by atoms with Gasteiger partial charge in [0, 0.05) is 6.54 Å². The quantitative estimate of drug-likeness (QED) is 0.563. The van der Waals surface area contributed by atoms with Crippen LogP contribution in [0.5, 0.6) is 0 Å². The van der Waals surface area contributed by atoms with Crippen LogP contribution in [0.2, 0.25) is 0 Å². The van der Waals surface area contributed by atoms with Crippen molar-refractivity contribution in [2.75, 3.05) is 13.7 Å². The van der Waals surface area contributed by atoms with Crippen LogP contribution in [0.25, 0.3) is 5.69 Å². The number of aromatic nitrogens is 4. The van der Waals surface area contributed by atoms with Crippen LogP contribution in [0.4, 0.5) is 13.2 Å². The minimum atomic E-state index is -4.42. The Bertz CT molecular complexity index is 942. The van der Waals surface area contributed by atoms with Gasteiger partial charge in [0.05, 0.1) is 31.5 Å². The van der Waals surface area contributed by atoms with E-state index in [2.05, 4.69) is 15.5 Å². The van der Waals surface area contributed by atoms with E-state index in [1.54, 1.807) is 4.90 Å². The number of rotatable bonds is 7. The molecule has 0 saturated carbocycles. The summed E-state index contributed by atoms with van der Waals surface area (Å²) in [7, 11) is 1.30. The van der Waals surface area contributed by atoms with Crippen LogP contribution in [0.3, 0.4) is 0 Å². The molecule has 7 nitrogen and oxygen atoms in total. The summed E-state index contributed by atoms with van der Waals surface area (Å²) in [6.45, 7) is 0.638. The number of esters is 1. The van der Waals surface area contributed by atoms with Crippen molar-refractivity contribution in [1.82, 2.24) is 25.1 Å². The molecular formula is C19H18F3N5O2. The Morgan fingerprint density at radius 2 is 1.76 bits per heavy atom. The van der Waals surface area contributed by atoms with Gasteiger partial charge in [-0.15, -0.1) is 5.10 Å². The van der Waals surface area contributed by atoms with Gasteiger partial charge in [-0.25, -0.2) is 0 Å². The number of carbonyl (C=O) groups excluding carboxylic acids is 1. The number of hydrogen-bond acceptors (Lipinski definition) is 6. The number of halogens is 3. The van der Waals surface area contributed by atoms with E-state index in [0.29, 0.717) is 18.1 Å². The molecular weight excluding hydrogens is 387 g/mol. The topological polar surface area (TPSA) is 73.1 Å². The van der Waals surface area contributed by atoms with Crippen LogP contribution in [0, 0.1) is 0 Å². The number of hydrogen-bond donors (Lipinski definition) is 0. The van der Waals surface area contributed by atoms with Crippen molar-refractivity contribution in [2.24, 2.45) is 0 Å². The molecule has 0 aliphatic heterocycles. The molecule has 0 aliphatic rings. The van der Waals surface area contributed by atoms with Crippen molar-refractivity contribution in [1.29, 1.82) is 0 Å². The van der Waals surface area contributed by atoms with Crippen molar-refractivity contribution < 1.29 is 22.7 Å². The predicted molar refractivity (Wildman–Crippen MR) is 96.7 cm³/mol. The number of ether oxygens (including phenoxy) is 1. The average molecular weight is 405 g/mol. The van der Waals surface area contributed by atoms with Crippen LogP contribution in [-0.4, -0.2) is 44.7 Å². The lowest BCUT2D eigenvalue weighted by Gasteiger charge is -2.20. The van der Waals surface area contributed by atoms with E-state index >= 15 is 0 Å². The smallest absolute Gasteiger partial charge is 0.416 e. The third-order valence-electron chi connectivity index (χ3n) is 4.17. The Kier molecular flexibility index (Phi) is 6.23. The second-order valence-corrected chi connectivity index (χ2v) is 6.26. The first-order valence-electron chi connectivity index (χ1n) is 8.65. The van der Waals surface area contributed by atoms with Gasteiger partial charge < -0.3 is 4.74 Å². The third kappa shape index (κ3) is 5.38. The lowest BCUT2D eigenvalue weighted by Crippen LogP contribution is -2.31. The zero-order valence-electron chi connectivity index (χ0n) is 15.5. The molecule has 152 valence electrons. The Hall–Kier alpha value is -3.27. The van der Waals surface area contributed by atoms with Crippen LogP contribution >= 0.6 is 0 Å². The maximum Gasteiger partial charge on any atom is 0.416 e. The highest BCUT2D eigenvalue weighted by atomic mass is 19.4. The summed E-state index contributed by atoms with van der Waals surface area (Å²) in [4.78, 5) is 13.6. The van der Waals surface area contributed by atoms with E-state index in [9.17, 15) is 18.0 Å². The molecule has 2 aromatic carbocycles. The van der Waals surface area contributed by atoms with E-state index in [-0.39, 0.29) is 13.1 Å². The number of methoxy groups -OCH3 is 1. The van der Waals surface area contributed by atoms with Gasteiger partial charge in [-0.05, 0) is 40.3 Å². The molecule has 0 saturated heterocycles. The van der Waals surface area contributed by atoms with Crippen molar-refractivity contribution in [3.63, 3.8) is 0 Å². The third-order valence-corrected chi connectivity index (χ3v) is 4.17. The molecule has 0 aliphatic carbocycles. The first-order chi connectivity index (χ1) is 13.9. The van der Waals surface area contributed by atoms with Crippen LogP contribution < -0.4 is 0 Å². The van der Waals surface area contributed by atoms with E-state index in [1.807, 2.05) is 30.3 Å². The van der Waals surface area contributed by atoms with E-state index in [0.717, 1.165) is 17.7 Å². The van der Waals surface area contributed by atoms with Crippen LogP contribution in [0.1, 0.15) is 17.0 Å². The number of alkyl halides is 3. The Morgan fingerprint density at radius 3 is 2.38 bits per heavy atom. The number of nitrogens with zero attached hydrogens (tertiary/aromatic N) is 5. The predicted octanol–water partition coefficient (Wildman–Crippen LogP) is 2.86. The van der Waals surface area contributed by atoms with Gasteiger partial charge >= 0.3 is 12.1 Å². The summed E-state index contributed by atoms with van der Waals surface area (Å²) in [6, 6.07) is 14.0. The molecule has 1 aromatic heterocycles. The lowest BCUT2D eigenvalue weighted by atomic mass is 10.2. The summed E-state index contributed by atoms with van der Waals surface area (Å²) in [6.07, 6.45) is -4.42.